The SMILES string of the molecule is CC(C)(O)CC1(C=O)CCCO1. The summed E-state index contributed by atoms with van der Waals surface area (Å²) in [6, 6.07) is 0. The van der Waals surface area contributed by atoms with E-state index in [9.17, 15) is 9.90 Å². The highest BCUT2D eigenvalue weighted by atomic mass is 16.5. The first-order valence-electron chi connectivity index (χ1n) is 4.30. The van der Waals surface area contributed by atoms with Crippen molar-refractivity contribution in [2.45, 2.75) is 44.3 Å². The zero-order valence-electron chi connectivity index (χ0n) is 7.67. The van der Waals surface area contributed by atoms with Gasteiger partial charge in [-0.3, -0.25) is 0 Å². The smallest absolute Gasteiger partial charge is 0.151 e. The van der Waals surface area contributed by atoms with Gasteiger partial charge in [-0.05, 0) is 26.7 Å². The average molecular weight is 172 g/mol. The van der Waals surface area contributed by atoms with Crippen molar-refractivity contribution in [2.24, 2.45) is 0 Å². The minimum Gasteiger partial charge on any atom is -0.390 e. The number of carbonyl (C=O) groups excluding carboxylic acids is 1. The van der Waals surface area contributed by atoms with Gasteiger partial charge < -0.3 is 14.6 Å². The van der Waals surface area contributed by atoms with Crippen LogP contribution in [0.15, 0.2) is 0 Å². The summed E-state index contributed by atoms with van der Waals surface area (Å²) in [5, 5.41) is 9.54. The highest BCUT2D eigenvalue weighted by Crippen LogP contribution is 2.31. The van der Waals surface area contributed by atoms with Crippen LogP contribution in [0, 0.1) is 0 Å². The Morgan fingerprint density at radius 3 is 2.67 bits per heavy atom. The van der Waals surface area contributed by atoms with Gasteiger partial charge in [0.1, 0.15) is 5.60 Å². The maximum atomic E-state index is 10.8. The summed E-state index contributed by atoms with van der Waals surface area (Å²) < 4.78 is 5.34. The second-order valence-electron chi connectivity index (χ2n) is 4.12. The summed E-state index contributed by atoms with van der Waals surface area (Å²) in [6.07, 6.45) is 2.87. The Bertz CT molecular complexity index is 163. The molecular formula is C9H16O3. The van der Waals surface area contributed by atoms with E-state index in [-0.39, 0.29) is 0 Å². The van der Waals surface area contributed by atoms with Crippen molar-refractivity contribution in [3.8, 4) is 0 Å². The Labute approximate surface area is 72.7 Å². The molecule has 3 nitrogen and oxygen atoms in total. The third-order valence-corrected chi connectivity index (χ3v) is 2.08. The normalized spacial score (nSPS) is 30.6. The number of hydrogen-bond donors (Lipinski definition) is 1. The van der Waals surface area contributed by atoms with E-state index >= 15 is 0 Å². The van der Waals surface area contributed by atoms with Gasteiger partial charge in [0, 0.05) is 13.0 Å². The molecule has 12 heavy (non-hydrogen) atoms. The largest absolute Gasteiger partial charge is 0.390 e. The highest BCUT2D eigenvalue weighted by Gasteiger charge is 2.39. The molecule has 0 spiro atoms. The number of carbonyl (C=O) groups is 1. The molecule has 1 fully saturated rings. The predicted molar refractivity (Wildman–Crippen MR) is 44.9 cm³/mol. The first kappa shape index (κ1) is 9.68. The molecule has 1 atom stereocenters. The van der Waals surface area contributed by atoms with E-state index in [4.69, 9.17) is 4.74 Å². The van der Waals surface area contributed by atoms with Gasteiger partial charge in [0.05, 0.1) is 5.60 Å². The molecule has 1 saturated heterocycles. The number of rotatable bonds is 3. The second-order valence-corrected chi connectivity index (χ2v) is 4.12. The molecule has 1 aliphatic rings. The Hall–Kier alpha value is -0.410. The number of ether oxygens (including phenoxy) is 1. The average Bonchev–Trinajstić information content (AvgIpc) is 2.34. The summed E-state index contributed by atoms with van der Waals surface area (Å²) in [6.45, 7) is 4.02. The lowest BCUT2D eigenvalue weighted by Crippen LogP contribution is -2.38. The van der Waals surface area contributed by atoms with E-state index in [1.165, 1.54) is 0 Å². The Kier molecular flexibility index (Phi) is 2.54. The van der Waals surface area contributed by atoms with Crippen molar-refractivity contribution in [3.05, 3.63) is 0 Å². The van der Waals surface area contributed by atoms with Gasteiger partial charge in [-0.2, -0.15) is 0 Å². The van der Waals surface area contributed by atoms with Crippen LogP contribution >= 0.6 is 0 Å². The third kappa shape index (κ3) is 2.29. The van der Waals surface area contributed by atoms with Crippen LogP contribution in [0.1, 0.15) is 33.1 Å². The third-order valence-electron chi connectivity index (χ3n) is 2.08. The van der Waals surface area contributed by atoms with E-state index in [1.54, 1.807) is 13.8 Å². The minimum absolute atomic E-state index is 0.392. The summed E-state index contributed by atoms with van der Waals surface area (Å²) >= 11 is 0. The molecular weight excluding hydrogens is 156 g/mol. The second kappa shape index (κ2) is 3.15. The van der Waals surface area contributed by atoms with Crippen molar-refractivity contribution >= 4 is 6.29 Å². The van der Waals surface area contributed by atoms with Crippen LogP contribution in [0.2, 0.25) is 0 Å². The Balaban J connectivity index is 2.62. The topological polar surface area (TPSA) is 46.5 Å². The predicted octanol–water partition coefficient (Wildman–Crippen LogP) is 0.895. The van der Waals surface area contributed by atoms with Gasteiger partial charge in [-0.25, -0.2) is 0 Å². The monoisotopic (exact) mass is 172 g/mol. The number of hydrogen-bond acceptors (Lipinski definition) is 3. The Morgan fingerprint density at radius 1 is 1.67 bits per heavy atom. The van der Waals surface area contributed by atoms with Crippen molar-refractivity contribution in [1.82, 2.24) is 0 Å². The van der Waals surface area contributed by atoms with E-state index in [0.717, 1.165) is 19.1 Å². The van der Waals surface area contributed by atoms with Crippen molar-refractivity contribution in [2.75, 3.05) is 6.61 Å². The lowest BCUT2D eigenvalue weighted by molar-refractivity contribution is -0.132. The van der Waals surface area contributed by atoms with Crippen LogP contribution in [0.4, 0.5) is 0 Å². The van der Waals surface area contributed by atoms with E-state index in [0.29, 0.717) is 13.0 Å². The van der Waals surface area contributed by atoms with Crippen LogP contribution in [0.25, 0.3) is 0 Å². The molecule has 0 radical (unpaired) electrons. The maximum Gasteiger partial charge on any atom is 0.151 e. The van der Waals surface area contributed by atoms with E-state index in [1.807, 2.05) is 0 Å². The molecule has 1 rings (SSSR count). The molecule has 70 valence electrons. The molecule has 0 amide bonds. The molecule has 0 aromatic carbocycles. The fourth-order valence-electron chi connectivity index (χ4n) is 1.73. The van der Waals surface area contributed by atoms with Crippen LogP contribution in [0.5, 0.6) is 0 Å². The first-order valence-corrected chi connectivity index (χ1v) is 4.30. The first-order chi connectivity index (χ1) is 5.47. The molecule has 0 saturated carbocycles. The fraction of sp³-hybridized carbons (Fsp3) is 0.889. The van der Waals surface area contributed by atoms with Gasteiger partial charge in [0.25, 0.3) is 0 Å². The molecule has 0 bridgehead atoms. The zero-order valence-corrected chi connectivity index (χ0v) is 7.67. The van der Waals surface area contributed by atoms with Crippen LogP contribution in [0.3, 0.4) is 0 Å². The highest BCUT2D eigenvalue weighted by molar-refractivity contribution is 5.63. The van der Waals surface area contributed by atoms with E-state index in [2.05, 4.69) is 0 Å². The van der Waals surface area contributed by atoms with Crippen LogP contribution in [-0.2, 0) is 9.53 Å². The molecule has 1 N–H and O–H groups in total. The van der Waals surface area contributed by atoms with Crippen molar-refractivity contribution in [3.63, 3.8) is 0 Å². The minimum atomic E-state index is -0.828. The zero-order chi connectivity index (χ0) is 9.24. The standard InChI is InChI=1S/C9H16O3/c1-8(2,11)6-9(7-10)4-3-5-12-9/h7,11H,3-6H2,1-2H3. The van der Waals surface area contributed by atoms with E-state index < -0.39 is 11.2 Å². The van der Waals surface area contributed by atoms with Gasteiger partial charge >= 0.3 is 0 Å². The summed E-state index contributed by atoms with van der Waals surface area (Å²) in [5.41, 5.74) is -1.54. The molecule has 1 unspecified atom stereocenters. The lowest BCUT2D eigenvalue weighted by Gasteiger charge is -2.28. The summed E-state index contributed by atoms with van der Waals surface area (Å²) in [4.78, 5) is 10.8. The molecule has 1 aliphatic heterocycles. The Morgan fingerprint density at radius 2 is 2.33 bits per heavy atom. The molecule has 3 heteroatoms. The van der Waals surface area contributed by atoms with Gasteiger partial charge in [0.15, 0.2) is 6.29 Å². The fourth-order valence-corrected chi connectivity index (χ4v) is 1.73. The van der Waals surface area contributed by atoms with Gasteiger partial charge in [0.2, 0.25) is 0 Å². The molecule has 1 heterocycles. The van der Waals surface area contributed by atoms with Gasteiger partial charge in [-0.1, -0.05) is 0 Å². The quantitative estimate of drug-likeness (QED) is 0.643. The van der Waals surface area contributed by atoms with Crippen molar-refractivity contribution in [1.29, 1.82) is 0 Å². The van der Waals surface area contributed by atoms with Gasteiger partial charge in [-0.15, -0.1) is 0 Å². The lowest BCUT2D eigenvalue weighted by atomic mass is 9.88. The number of aldehydes is 1. The summed E-state index contributed by atoms with van der Waals surface area (Å²) in [7, 11) is 0. The number of aliphatic hydroxyl groups is 1. The molecule has 0 aromatic rings. The molecule has 0 aromatic heterocycles. The summed E-state index contributed by atoms with van der Waals surface area (Å²) in [5.74, 6) is 0. The molecule has 0 aliphatic carbocycles. The maximum absolute atomic E-state index is 10.8. The van der Waals surface area contributed by atoms with Crippen LogP contribution in [-0.4, -0.2) is 29.2 Å². The van der Waals surface area contributed by atoms with Crippen molar-refractivity contribution < 1.29 is 14.6 Å². The van der Waals surface area contributed by atoms with Crippen LogP contribution < -0.4 is 0 Å².